The Labute approximate surface area is 98.7 Å². The number of hydrogen-bond donors (Lipinski definition) is 0. The van der Waals surface area contributed by atoms with Crippen LogP contribution in [-0.4, -0.2) is 15.2 Å². The van der Waals surface area contributed by atoms with E-state index in [1.807, 2.05) is 0 Å². The maximum Gasteiger partial charge on any atom is 0.162 e. The van der Waals surface area contributed by atoms with Crippen LogP contribution < -0.4 is 0 Å². The Morgan fingerprint density at radius 2 is 2.14 bits per heavy atom. The molecule has 0 N–H and O–H groups in total. The second kappa shape index (κ2) is 3.56. The molecule has 1 atom stereocenters. The number of alkyl halides is 3. The minimum absolute atomic E-state index is 0.0700. The van der Waals surface area contributed by atoms with Crippen molar-refractivity contribution in [3.63, 3.8) is 0 Å². The molecule has 14 heavy (non-hydrogen) atoms. The predicted molar refractivity (Wildman–Crippen MR) is 60.5 cm³/mol. The summed E-state index contributed by atoms with van der Waals surface area (Å²) in [6.45, 7) is 0. The minimum Gasteiger partial charge on any atom is -0.294 e. The highest BCUT2D eigenvalue weighted by Crippen LogP contribution is 2.44. The summed E-state index contributed by atoms with van der Waals surface area (Å²) in [4.78, 5) is 11.5. The van der Waals surface area contributed by atoms with Crippen LogP contribution in [0, 0.1) is 0 Å². The van der Waals surface area contributed by atoms with Gasteiger partial charge in [-0.1, -0.05) is 44.0 Å². The molecule has 0 fully saturated rings. The van der Waals surface area contributed by atoms with E-state index in [0.717, 1.165) is 6.42 Å². The van der Waals surface area contributed by atoms with Gasteiger partial charge in [-0.25, -0.2) is 4.39 Å². The van der Waals surface area contributed by atoms with Crippen LogP contribution in [0.15, 0.2) is 23.3 Å². The Morgan fingerprint density at radius 1 is 1.43 bits per heavy atom. The molecule has 2 aliphatic carbocycles. The second-order valence-corrected chi connectivity index (χ2v) is 7.27. The summed E-state index contributed by atoms with van der Waals surface area (Å²) < 4.78 is 13.1. The topological polar surface area (TPSA) is 17.1 Å². The molecule has 0 bridgehead atoms. The highest BCUT2D eigenvalue weighted by atomic mass is 79.9. The Kier molecular flexibility index (Phi) is 2.68. The van der Waals surface area contributed by atoms with Gasteiger partial charge in [0, 0.05) is 12.0 Å². The molecule has 0 aliphatic heterocycles. The third-order valence-electron chi connectivity index (χ3n) is 2.61. The second-order valence-electron chi connectivity index (χ2n) is 3.59. The average Bonchev–Trinajstić information content (AvgIpc) is 2.13. The van der Waals surface area contributed by atoms with E-state index in [0.29, 0.717) is 24.0 Å². The van der Waals surface area contributed by atoms with Crippen molar-refractivity contribution in [2.45, 2.75) is 28.7 Å². The molecule has 0 saturated carbocycles. The third kappa shape index (κ3) is 1.63. The van der Waals surface area contributed by atoms with Gasteiger partial charge in [0.25, 0.3) is 0 Å². The van der Waals surface area contributed by atoms with E-state index in [-0.39, 0.29) is 5.78 Å². The molecule has 1 nitrogen and oxygen atoms in total. The zero-order chi connectivity index (χ0) is 10.3. The molecular weight excluding hydrogens is 315 g/mol. The lowest BCUT2D eigenvalue weighted by Gasteiger charge is -2.31. The molecule has 0 amide bonds. The van der Waals surface area contributed by atoms with E-state index >= 15 is 0 Å². The number of hydrogen-bond acceptors (Lipinski definition) is 1. The molecule has 4 heteroatoms. The lowest BCUT2D eigenvalue weighted by atomic mass is 9.84. The summed E-state index contributed by atoms with van der Waals surface area (Å²) in [6, 6.07) is 0. The average molecular weight is 324 g/mol. The van der Waals surface area contributed by atoms with Crippen molar-refractivity contribution in [3.8, 4) is 0 Å². The fraction of sp³-hybridized carbons (Fsp3) is 0.500. The summed E-state index contributed by atoms with van der Waals surface area (Å²) in [6.07, 6.45) is 4.23. The fourth-order valence-electron chi connectivity index (χ4n) is 1.86. The van der Waals surface area contributed by atoms with Crippen LogP contribution in [0.5, 0.6) is 0 Å². The minimum atomic E-state index is -1.15. The number of halogens is 3. The van der Waals surface area contributed by atoms with Crippen LogP contribution in [0.25, 0.3) is 0 Å². The molecule has 0 radical (unpaired) electrons. The standard InChI is InChI=1S/C10H9Br2FO/c11-10(12)5-4-6-7(9(10)13)2-1-3-8(6)14/h4-5,9H,1-3H2. The number of carbonyl (C=O) groups excluding carboxylic acids is 1. The van der Waals surface area contributed by atoms with Gasteiger partial charge >= 0.3 is 0 Å². The number of carbonyl (C=O) groups is 1. The lowest BCUT2D eigenvalue weighted by molar-refractivity contribution is -0.115. The Morgan fingerprint density at radius 3 is 2.86 bits per heavy atom. The summed E-state index contributed by atoms with van der Waals surface area (Å²) in [5.74, 6) is 0.0700. The van der Waals surface area contributed by atoms with Crippen LogP contribution in [0.3, 0.4) is 0 Å². The first-order valence-electron chi connectivity index (χ1n) is 4.50. The molecule has 0 saturated heterocycles. The van der Waals surface area contributed by atoms with Crippen LogP contribution in [0.2, 0.25) is 0 Å². The van der Waals surface area contributed by atoms with Crippen molar-refractivity contribution >= 4 is 37.6 Å². The van der Waals surface area contributed by atoms with Gasteiger partial charge in [-0.3, -0.25) is 4.79 Å². The van der Waals surface area contributed by atoms with Crippen molar-refractivity contribution in [1.29, 1.82) is 0 Å². The van der Waals surface area contributed by atoms with E-state index in [1.165, 1.54) is 0 Å². The predicted octanol–water partition coefficient (Wildman–Crippen LogP) is 3.43. The highest BCUT2D eigenvalue weighted by Gasteiger charge is 2.40. The maximum atomic E-state index is 13.9. The Bertz CT molecular complexity index is 344. The van der Waals surface area contributed by atoms with Crippen molar-refractivity contribution in [2.75, 3.05) is 0 Å². The van der Waals surface area contributed by atoms with E-state index in [9.17, 15) is 9.18 Å². The van der Waals surface area contributed by atoms with Crippen LogP contribution in [0.4, 0.5) is 4.39 Å². The van der Waals surface area contributed by atoms with Gasteiger partial charge in [-0.15, -0.1) is 0 Å². The van der Waals surface area contributed by atoms with Crippen LogP contribution >= 0.6 is 31.9 Å². The maximum absolute atomic E-state index is 13.9. The molecule has 0 aromatic heterocycles. The number of Topliss-reactive ketones (excluding diaryl/α,β-unsaturated/α-hetero) is 1. The van der Waals surface area contributed by atoms with E-state index in [4.69, 9.17) is 0 Å². The van der Waals surface area contributed by atoms with E-state index in [2.05, 4.69) is 31.9 Å². The van der Waals surface area contributed by atoms with Gasteiger partial charge < -0.3 is 0 Å². The highest BCUT2D eigenvalue weighted by molar-refractivity contribution is 9.25. The summed E-state index contributed by atoms with van der Waals surface area (Å²) in [5.41, 5.74) is 1.22. The number of ketones is 1. The quantitative estimate of drug-likeness (QED) is 0.624. The largest absolute Gasteiger partial charge is 0.294 e. The molecule has 76 valence electrons. The molecular formula is C10H9Br2FO. The zero-order valence-electron chi connectivity index (χ0n) is 7.40. The van der Waals surface area contributed by atoms with Crippen molar-refractivity contribution < 1.29 is 9.18 Å². The zero-order valence-corrected chi connectivity index (χ0v) is 10.6. The molecule has 2 aliphatic rings. The summed E-state index contributed by atoms with van der Waals surface area (Å²) in [5, 5.41) is 0. The molecule has 2 rings (SSSR count). The molecule has 0 aromatic rings. The first-order valence-corrected chi connectivity index (χ1v) is 6.08. The van der Waals surface area contributed by atoms with Crippen LogP contribution in [-0.2, 0) is 4.79 Å². The molecule has 0 spiro atoms. The van der Waals surface area contributed by atoms with Gasteiger partial charge in [0.05, 0.1) is 0 Å². The normalized spacial score (nSPS) is 30.5. The Hall–Kier alpha value is 0.0400. The molecule has 1 unspecified atom stereocenters. The number of rotatable bonds is 0. The fourth-order valence-corrected chi connectivity index (χ4v) is 2.68. The van der Waals surface area contributed by atoms with E-state index < -0.39 is 9.41 Å². The van der Waals surface area contributed by atoms with Crippen LogP contribution in [0.1, 0.15) is 19.3 Å². The first-order chi connectivity index (χ1) is 6.52. The molecule has 0 aromatic carbocycles. The monoisotopic (exact) mass is 322 g/mol. The smallest absolute Gasteiger partial charge is 0.162 e. The van der Waals surface area contributed by atoms with Crippen molar-refractivity contribution in [3.05, 3.63) is 23.3 Å². The first kappa shape index (κ1) is 10.6. The number of allylic oxidation sites excluding steroid dienone is 4. The molecule has 0 heterocycles. The van der Waals surface area contributed by atoms with Gasteiger partial charge in [0.2, 0.25) is 0 Å². The third-order valence-corrected chi connectivity index (χ3v) is 3.94. The van der Waals surface area contributed by atoms with Crippen molar-refractivity contribution in [2.24, 2.45) is 0 Å². The van der Waals surface area contributed by atoms with Crippen molar-refractivity contribution in [1.82, 2.24) is 0 Å². The Balaban J connectivity index is 2.43. The SMILES string of the molecule is O=C1CCCC2=C1C=CC(Br)(Br)C2F. The summed E-state index contributed by atoms with van der Waals surface area (Å²) >= 11 is 6.50. The summed E-state index contributed by atoms with van der Waals surface area (Å²) in [7, 11) is 0. The van der Waals surface area contributed by atoms with Gasteiger partial charge in [0.15, 0.2) is 12.0 Å². The lowest BCUT2D eigenvalue weighted by Crippen LogP contribution is -2.32. The van der Waals surface area contributed by atoms with E-state index in [1.54, 1.807) is 12.2 Å². The van der Waals surface area contributed by atoms with Gasteiger partial charge in [-0.05, 0) is 18.4 Å². The van der Waals surface area contributed by atoms with Gasteiger partial charge in [-0.2, -0.15) is 0 Å². The van der Waals surface area contributed by atoms with Gasteiger partial charge in [0.1, 0.15) is 3.23 Å².